The minimum Gasteiger partial charge on any atom is -0.372 e. The normalized spacial score (nSPS) is 11.1. The molecule has 2 aromatic rings. The molecule has 2 rings (SSSR count). The predicted octanol–water partition coefficient (Wildman–Crippen LogP) is 3.14. The molecule has 6 nitrogen and oxygen atoms in total. The maximum absolute atomic E-state index is 12.4. The van der Waals surface area contributed by atoms with Crippen molar-refractivity contribution in [2.45, 2.75) is 27.3 Å². The summed E-state index contributed by atoms with van der Waals surface area (Å²) >= 11 is 0. The van der Waals surface area contributed by atoms with Crippen LogP contribution in [0.15, 0.2) is 42.5 Å². The number of sulfonamides is 1. The first kappa shape index (κ1) is 20.8. The molecule has 0 bridgehead atoms. The van der Waals surface area contributed by atoms with E-state index in [9.17, 15) is 13.2 Å². The number of carbonyl (C=O) groups is 1. The van der Waals surface area contributed by atoms with Gasteiger partial charge in [0.25, 0.3) is 5.91 Å². The molecule has 0 unspecified atom stereocenters. The van der Waals surface area contributed by atoms with Crippen molar-refractivity contribution < 1.29 is 13.2 Å². The zero-order valence-electron chi connectivity index (χ0n) is 16.2. The molecule has 7 heteroatoms. The van der Waals surface area contributed by atoms with Gasteiger partial charge in [0, 0.05) is 30.9 Å². The summed E-state index contributed by atoms with van der Waals surface area (Å²) in [5.41, 5.74) is 3.73. The summed E-state index contributed by atoms with van der Waals surface area (Å²) in [5, 5.41) is 2.87. The van der Waals surface area contributed by atoms with Gasteiger partial charge in [-0.05, 0) is 56.2 Å². The molecule has 0 saturated heterocycles. The summed E-state index contributed by atoms with van der Waals surface area (Å²) in [4.78, 5) is 14.7. The maximum atomic E-state index is 12.4. The summed E-state index contributed by atoms with van der Waals surface area (Å²) in [5.74, 6) is -0.251. The van der Waals surface area contributed by atoms with Gasteiger partial charge in [-0.1, -0.05) is 18.2 Å². The molecule has 0 aliphatic rings. The molecule has 2 N–H and O–H groups in total. The highest BCUT2D eigenvalue weighted by Crippen LogP contribution is 2.18. The van der Waals surface area contributed by atoms with Crippen molar-refractivity contribution in [3.05, 3.63) is 59.2 Å². The number of nitrogens with zero attached hydrogens (tertiary/aromatic N) is 1. The van der Waals surface area contributed by atoms with E-state index in [2.05, 4.69) is 40.9 Å². The summed E-state index contributed by atoms with van der Waals surface area (Å²) in [7, 11) is -3.40. The molecular weight excluding hydrogens is 362 g/mol. The summed E-state index contributed by atoms with van der Waals surface area (Å²) < 4.78 is 25.3. The van der Waals surface area contributed by atoms with Crippen LogP contribution in [-0.2, 0) is 16.6 Å². The highest BCUT2D eigenvalue weighted by Gasteiger charge is 2.11. The summed E-state index contributed by atoms with van der Waals surface area (Å²) in [6.45, 7) is 8.32. The number of anilines is 2. The molecule has 2 aromatic carbocycles. The quantitative estimate of drug-likeness (QED) is 0.727. The number of hydrogen-bond acceptors (Lipinski definition) is 4. The van der Waals surface area contributed by atoms with Gasteiger partial charge in [0.15, 0.2) is 0 Å². The van der Waals surface area contributed by atoms with Crippen LogP contribution in [0.25, 0.3) is 0 Å². The molecule has 0 spiro atoms. The van der Waals surface area contributed by atoms with Gasteiger partial charge in [-0.2, -0.15) is 0 Å². The number of carbonyl (C=O) groups excluding carboxylic acids is 1. The van der Waals surface area contributed by atoms with Crippen molar-refractivity contribution in [2.75, 3.05) is 29.0 Å². The van der Waals surface area contributed by atoms with Crippen LogP contribution >= 0.6 is 0 Å². The van der Waals surface area contributed by atoms with Crippen LogP contribution in [0.2, 0.25) is 0 Å². The van der Waals surface area contributed by atoms with Gasteiger partial charge < -0.3 is 10.2 Å². The summed E-state index contributed by atoms with van der Waals surface area (Å²) in [6.07, 6.45) is 1.08. The van der Waals surface area contributed by atoms with E-state index in [4.69, 9.17) is 0 Å². The van der Waals surface area contributed by atoms with Crippen molar-refractivity contribution in [1.29, 1.82) is 0 Å². The lowest BCUT2D eigenvalue weighted by Crippen LogP contribution is -2.24. The number of aryl methyl sites for hydroxylation is 1. The standard InChI is InChI=1S/C20H27N3O3S/c1-5-23(6-2)18-11-8-16(9-12-18)14-21-20(24)17-10-7-15(3)19(13-17)22-27(4,25)26/h7-13,22H,5-6,14H2,1-4H3,(H,21,24). The molecule has 0 heterocycles. The number of amides is 1. The molecule has 1 amide bonds. The zero-order chi connectivity index (χ0) is 20.0. The Bertz CT molecular complexity index is 889. The highest BCUT2D eigenvalue weighted by atomic mass is 32.2. The van der Waals surface area contributed by atoms with E-state index in [0.29, 0.717) is 17.8 Å². The number of nitrogens with one attached hydrogen (secondary N) is 2. The third kappa shape index (κ3) is 5.99. The monoisotopic (exact) mass is 389 g/mol. The third-order valence-corrected chi connectivity index (χ3v) is 4.90. The fourth-order valence-corrected chi connectivity index (χ4v) is 3.39. The van der Waals surface area contributed by atoms with Crippen LogP contribution in [0, 0.1) is 6.92 Å². The van der Waals surface area contributed by atoms with Gasteiger partial charge in [0.05, 0.1) is 11.9 Å². The van der Waals surface area contributed by atoms with E-state index in [-0.39, 0.29) is 5.91 Å². The topological polar surface area (TPSA) is 78.5 Å². The molecule has 0 aromatic heterocycles. The number of rotatable bonds is 8. The van der Waals surface area contributed by atoms with Crippen LogP contribution in [-0.4, -0.2) is 33.7 Å². The molecule has 27 heavy (non-hydrogen) atoms. The fourth-order valence-electron chi connectivity index (χ4n) is 2.77. The second-order valence-corrected chi connectivity index (χ2v) is 8.17. The van der Waals surface area contributed by atoms with Crippen LogP contribution < -0.4 is 14.9 Å². The predicted molar refractivity (Wildman–Crippen MR) is 111 cm³/mol. The Morgan fingerprint density at radius 2 is 1.67 bits per heavy atom. The van der Waals surface area contributed by atoms with Gasteiger partial charge >= 0.3 is 0 Å². The molecule has 0 aliphatic heterocycles. The van der Waals surface area contributed by atoms with Crippen molar-refractivity contribution in [3.63, 3.8) is 0 Å². The van der Waals surface area contributed by atoms with Gasteiger partial charge in [-0.3, -0.25) is 9.52 Å². The summed E-state index contributed by atoms with van der Waals surface area (Å²) in [6, 6.07) is 13.1. The first-order valence-corrected chi connectivity index (χ1v) is 10.8. The van der Waals surface area contributed by atoms with E-state index in [1.807, 2.05) is 12.1 Å². The first-order valence-electron chi connectivity index (χ1n) is 8.94. The van der Waals surface area contributed by atoms with Gasteiger partial charge in [-0.15, -0.1) is 0 Å². The second-order valence-electron chi connectivity index (χ2n) is 6.43. The van der Waals surface area contributed by atoms with Gasteiger partial charge in [0.1, 0.15) is 0 Å². The Kier molecular flexibility index (Phi) is 6.85. The molecule has 0 saturated carbocycles. The average Bonchev–Trinajstić information content (AvgIpc) is 2.62. The Morgan fingerprint density at radius 3 is 2.22 bits per heavy atom. The lowest BCUT2D eigenvalue weighted by Gasteiger charge is -2.21. The zero-order valence-corrected chi connectivity index (χ0v) is 17.1. The average molecular weight is 390 g/mol. The van der Waals surface area contributed by atoms with Crippen LogP contribution in [0.1, 0.15) is 35.3 Å². The molecule has 0 radical (unpaired) electrons. The van der Waals surface area contributed by atoms with Crippen molar-refractivity contribution in [3.8, 4) is 0 Å². The Labute approximate surface area is 161 Å². The van der Waals surface area contributed by atoms with Crippen LogP contribution in [0.4, 0.5) is 11.4 Å². The minimum absolute atomic E-state index is 0.251. The molecule has 0 fully saturated rings. The molecular formula is C20H27N3O3S. The Balaban J connectivity index is 2.04. The number of hydrogen-bond donors (Lipinski definition) is 2. The van der Waals surface area contributed by atoms with Gasteiger partial charge in [-0.25, -0.2) is 8.42 Å². The Hall–Kier alpha value is -2.54. The highest BCUT2D eigenvalue weighted by molar-refractivity contribution is 7.92. The molecule has 0 aliphatic carbocycles. The molecule has 146 valence electrons. The van der Waals surface area contributed by atoms with Crippen molar-refractivity contribution >= 4 is 27.3 Å². The maximum Gasteiger partial charge on any atom is 0.251 e. The van der Waals surface area contributed by atoms with E-state index < -0.39 is 10.0 Å². The van der Waals surface area contributed by atoms with Crippen molar-refractivity contribution in [2.24, 2.45) is 0 Å². The smallest absolute Gasteiger partial charge is 0.251 e. The van der Waals surface area contributed by atoms with E-state index >= 15 is 0 Å². The van der Waals surface area contributed by atoms with E-state index in [0.717, 1.165) is 36.2 Å². The fraction of sp³-hybridized carbons (Fsp3) is 0.350. The van der Waals surface area contributed by atoms with Crippen molar-refractivity contribution in [1.82, 2.24) is 5.32 Å². The molecule has 0 atom stereocenters. The second kappa shape index (κ2) is 8.90. The Morgan fingerprint density at radius 1 is 1.04 bits per heavy atom. The van der Waals surface area contributed by atoms with Gasteiger partial charge in [0.2, 0.25) is 10.0 Å². The van der Waals surface area contributed by atoms with E-state index in [1.54, 1.807) is 25.1 Å². The minimum atomic E-state index is -3.40. The lowest BCUT2D eigenvalue weighted by molar-refractivity contribution is 0.0951. The van der Waals surface area contributed by atoms with E-state index in [1.165, 1.54) is 0 Å². The van der Waals surface area contributed by atoms with Crippen LogP contribution in [0.3, 0.4) is 0 Å². The lowest BCUT2D eigenvalue weighted by atomic mass is 10.1. The van der Waals surface area contributed by atoms with Crippen LogP contribution in [0.5, 0.6) is 0 Å². The first-order chi connectivity index (χ1) is 12.7. The largest absolute Gasteiger partial charge is 0.372 e. The number of benzene rings is 2. The SMILES string of the molecule is CCN(CC)c1ccc(CNC(=O)c2ccc(C)c(NS(C)(=O)=O)c2)cc1. The third-order valence-electron chi connectivity index (χ3n) is 4.31.